The van der Waals surface area contributed by atoms with Crippen LogP contribution in [-0.2, 0) is 98.1 Å². The average Bonchev–Trinajstić information content (AvgIpc) is 2.57. The van der Waals surface area contributed by atoms with E-state index in [4.69, 9.17) is 0 Å². The van der Waals surface area contributed by atoms with E-state index in [1.54, 1.807) is 0 Å². The molecule has 0 N–H and O–H groups in total. The molecule has 1 aliphatic rings. The van der Waals surface area contributed by atoms with Gasteiger partial charge in [0.15, 0.2) is 0 Å². The van der Waals surface area contributed by atoms with E-state index in [0.717, 1.165) is 24.7 Å². The molecule has 0 bridgehead atoms. The molecule has 1 saturated carbocycles. The van der Waals surface area contributed by atoms with Crippen molar-refractivity contribution in [2.75, 3.05) is 0 Å². The summed E-state index contributed by atoms with van der Waals surface area (Å²) < 4.78 is 0. The van der Waals surface area contributed by atoms with Gasteiger partial charge in [-0.05, 0) is 17.8 Å². The molecule has 0 aliphatic heterocycles. The zero-order chi connectivity index (χ0) is 9.19. The molecule has 1 aliphatic carbocycles. The fourth-order valence-corrected chi connectivity index (χ4v) is 2.89. The second-order valence-electron chi connectivity index (χ2n) is 4.40. The minimum atomic E-state index is 0. The molecule has 81 valence electrons. The van der Waals surface area contributed by atoms with Gasteiger partial charge in [-0.25, -0.2) is 0 Å². The molecule has 0 amide bonds. The van der Waals surface area contributed by atoms with Gasteiger partial charge in [0.05, 0.1) is 0 Å². The van der Waals surface area contributed by atoms with Gasteiger partial charge in [-0.15, -0.1) is 0 Å². The van der Waals surface area contributed by atoms with Gasteiger partial charge in [-0.1, -0.05) is 32.6 Å². The summed E-state index contributed by atoms with van der Waals surface area (Å²) in [4.78, 5) is 0. The van der Waals surface area contributed by atoms with E-state index in [2.05, 4.69) is 27.7 Å². The van der Waals surface area contributed by atoms with Gasteiger partial charge in [-0.2, -0.15) is 12.8 Å². The van der Waals surface area contributed by atoms with Crippen LogP contribution in [0.15, 0.2) is 0 Å². The summed E-state index contributed by atoms with van der Waals surface area (Å²) in [5, 5.41) is 0. The van der Waals surface area contributed by atoms with Crippen LogP contribution in [0.1, 0.15) is 46.0 Å². The zero-order valence-electron chi connectivity index (χ0n) is 10.3. The standard InChI is InChI=1S/C12H22.3Y/c1-5-8-11-10(7-3)12(11,4)9-6-2;;;/h10-11H,2-3,5-9H2,1,4H3;;;/q-2;;;/t10-,11?,12?;;;/m0.../s1. The van der Waals surface area contributed by atoms with Gasteiger partial charge >= 0.3 is 0 Å². The Bertz CT molecular complexity index is 150. The van der Waals surface area contributed by atoms with Crippen LogP contribution in [0.4, 0.5) is 0 Å². The Balaban J connectivity index is -0.000000480. The van der Waals surface area contributed by atoms with Gasteiger partial charge in [0.1, 0.15) is 0 Å². The quantitative estimate of drug-likeness (QED) is 0.578. The molecule has 3 radical (unpaired) electrons. The number of rotatable bonds is 5. The first kappa shape index (κ1) is 23.4. The van der Waals surface area contributed by atoms with Crippen molar-refractivity contribution < 1.29 is 98.1 Å². The fourth-order valence-electron chi connectivity index (χ4n) is 2.89. The Morgan fingerprint density at radius 1 is 1.07 bits per heavy atom. The molecule has 0 saturated heterocycles. The molecule has 0 aromatic carbocycles. The maximum atomic E-state index is 4.04. The molecular weight excluding hydrogens is 411 g/mol. The average molecular weight is 433 g/mol. The van der Waals surface area contributed by atoms with E-state index in [9.17, 15) is 0 Å². The summed E-state index contributed by atoms with van der Waals surface area (Å²) in [5.74, 6) is 1.86. The summed E-state index contributed by atoms with van der Waals surface area (Å²) in [6.45, 7) is 12.7. The van der Waals surface area contributed by atoms with Crippen molar-refractivity contribution >= 4 is 0 Å². The first-order chi connectivity index (χ1) is 5.70. The van der Waals surface area contributed by atoms with E-state index in [1.807, 2.05) is 0 Å². The molecule has 1 rings (SSSR count). The van der Waals surface area contributed by atoms with E-state index >= 15 is 0 Å². The van der Waals surface area contributed by atoms with Gasteiger partial charge in [0.2, 0.25) is 0 Å². The Morgan fingerprint density at radius 2 is 1.60 bits per heavy atom. The van der Waals surface area contributed by atoms with Crippen LogP contribution in [0.3, 0.4) is 0 Å². The topological polar surface area (TPSA) is 0 Å². The van der Waals surface area contributed by atoms with Crippen molar-refractivity contribution in [3.63, 3.8) is 0 Å². The molecule has 0 spiro atoms. The van der Waals surface area contributed by atoms with E-state index < -0.39 is 0 Å². The maximum absolute atomic E-state index is 4.04. The molecule has 0 aromatic heterocycles. The Kier molecular flexibility index (Phi) is 17.4. The third kappa shape index (κ3) is 5.86. The minimum absolute atomic E-state index is 0. The third-order valence-corrected chi connectivity index (χ3v) is 3.70. The summed E-state index contributed by atoms with van der Waals surface area (Å²) in [6.07, 6.45) is 6.25. The van der Waals surface area contributed by atoms with E-state index in [-0.39, 0.29) is 98.1 Å². The fraction of sp³-hybridized carbons (Fsp3) is 0.833. The predicted molar refractivity (Wildman–Crippen MR) is 54.6 cm³/mol. The number of hydrogen-bond donors (Lipinski definition) is 0. The first-order valence-corrected chi connectivity index (χ1v) is 5.29. The third-order valence-electron chi connectivity index (χ3n) is 3.70. The van der Waals surface area contributed by atoms with Crippen molar-refractivity contribution in [1.29, 1.82) is 0 Å². The summed E-state index contributed by atoms with van der Waals surface area (Å²) in [7, 11) is 0. The van der Waals surface area contributed by atoms with Crippen molar-refractivity contribution in [3.05, 3.63) is 13.8 Å². The summed E-state index contributed by atoms with van der Waals surface area (Å²) in [5.41, 5.74) is 0.611. The van der Waals surface area contributed by atoms with E-state index in [0.29, 0.717) is 5.41 Å². The molecule has 1 fully saturated rings. The Labute approximate surface area is 172 Å². The second kappa shape index (κ2) is 11.2. The molecule has 2 unspecified atom stereocenters. The number of hydrogen-bond acceptors (Lipinski definition) is 0. The summed E-state index contributed by atoms with van der Waals surface area (Å²) >= 11 is 0. The predicted octanol–water partition coefficient (Wildman–Crippen LogP) is 3.87. The van der Waals surface area contributed by atoms with Crippen LogP contribution in [-0.4, -0.2) is 0 Å². The molecule has 3 atom stereocenters. The Morgan fingerprint density at radius 3 is 1.93 bits per heavy atom. The molecule has 3 heteroatoms. The first-order valence-electron chi connectivity index (χ1n) is 5.29. The van der Waals surface area contributed by atoms with Gasteiger partial charge in [0, 0.05) is 98.1 Å². The summed E-state index contributed by atoms with van der Waals surface area (Å²) in [6, 6.07) is 0. The molecule has 15 heavy (non-hydrogen) atoms. The van der Waals surface area contributed by atoms with E-state index in [1.165, 1.54) is 19.3 Å². The molecular formula is C12H22Y3-2. The van der Waals surface area contributed by atoms with Crippen molar-refractivity contribution in [2.45, 2.75) is 46.0 Å². The van der Waals surface area contributed by atoms with Gasteiger partial charge in [-0.3, -0.25) is 0 Å². The molecule has 0 nitrogen and oxygen atoms in total. The van der Waals surface area contributed by atoms with Crippen LogP contribution < -0.4 is 0 Å². The van der Waals surface area contributed by atoms with Crippen LogP contribution >= 0.6 is 0 Å². The molecule has 0 heterocycles. The van der Waals surface area contributed by atoms with Crippen molar-refractivity contribution in [2.24, 2.45) is 17.3 Å². The van der Waals surface area contributed by atoms with Gasteiger partial charge in [0.25, 0.3) is 0 Å². The van der Waals surface area contributed by atoms with Crippen LogP contribution in [0, 0.1) is 31.1 Å². The van der Waals surface area contributed by atoms with Crippen LogP contribution in [0.5, 0.6) is 0 Å². The second-order valence-corrected chi connectivity index (χ2v) is 4.40. The van der Waals surface area contributed by atoms with Crippen molar-refractivity contribution in [1.82, 2.24) is 0 Å². The zero-order valence-corrected chi connectivity index (χ0v) is 18.9. The normalized spacial score (nSPS) is 32.0. The maximum Gasteiger partial charge on any atom is 0 e. The van der Waals surface area contributed by atoms with Crippen LogP contribution in [0.2, 0.25) is 0 Å². The van der Waals surface area contributed by atoms with Crippen molar-refractivity contribution in [3.8, 4) is 0 Å². The smallest absolute Gasteiger partial charge is 0 e. The monoisotopic (exact) mass is 433 g/mol. The molecule has 0 aromatic rings. The largest absolute Gasteiger partial charge is 0.343 e. The van der Waals surface area contributed by atoms with Crippen LogP contribution in [0.25, 0.3) is 0 Å². The van der Waals surface area contributed by atoms with Gasteiger partial charge < -0.3 is 13.8 Å². The SMILES string of the molecule is [CH2-]CCC1(C)C(CCC)[C@@H]1C[CH2-].[Y].[Y].[Y]. The Hall–Kier alpha value is 3.31. The minimum Gasteiger partial charge on any atom is -0.343 e.